The average molecular weight is 408 g/mol. The van der Waals surface area contributed by atoms with Crippen molar-refractivity contribution in [2.75, 3.05) is 0 Å². The van der Waals surface area contributed by atoms with Gasteiger partial charge in [0.15, 0.2) is 4.77 Å². The van der Waals surface area contributed by atoms with E-state index in [1.165, 1.54) is 11.0 Å². The quantitative estimate of drug-likeness (QED) is 0.624. The number of fused-ring (bicyclic) bond motifs is 1. The molecule has 1 saturated carbocycles. The topological polar surface area (TPSA) is 66.9 Å². The second-order valence-corrected chi connectivity index (χ2v) is 8.40. The van der Waals surface area contributed by atoms with Gasteiger partial charge >= 0.3 is 0 Å². The van der Waals surface area contributed by atoms with Crippen molar-refractivity contribution in [1.82, 2.24) is 14.9 Å². The molecule has 0 radical (unpaired) electrons. The molecule has 4 rings (SSSR count). The van der Waals surface area contributed by atoms with Crippen molar-refractivity contribution in [1.29, 1.82) is 0 Å². The zero-order chi connectivity index (χ0) is 20.5. The zero-order valence-electron chi connectivity index (χ0n) is 16.6. The van der Waals surface area contributed by atoms with Gasteiger partial charge in [0, 0.05) is 11.6 Å². The number of hydrogen-bond acceptors (Lipinski definition) is 3. The zero-order valence-corrected chi connectivity index (χ0v) is 17.5. The molecule has 3 atom stereocenters. The van der Waals surface area contributed by atoms with E-state index in [0.29, 0.717) is 38.8 Å². The number of amides is 1. The van der Waals surface area contributed by atoms with Crippen LogP contribution in [0.1, 0.15) is 43.5 Å². The van der Waals surface area contributed by atoms with Crippen molar-refractivity contribution in [3.63, 3.8) is 0 Å². The van der Waals surface area contributed by atoms with Crippen molar-refractivity contribution in [2.24, 2.45) is 11.8 Å². The minimum atomic E-state index is -0.198. The van der Waals surface area contributed by atoms with E-state index in [-0.39, 0.29) is 17.5 Å². The van der Waals surface area contributed by atoms with Crippen LogP contribution in [-0.4, -0.2) is 21.5 Å². The molecule has 0 aliphatic heterocycles. The lowest BCUT2D eigenvalue weighted by Crippen LogP contribution is -2.43. The van der Waals surface area contributed by atoms with E-state index >= 15 is 0 Å². The summed E-state index contributed by atoms with van der Waals surface area (Å²) in [5.74, 6) is 0.958. The molecule has 0 saturated heterocycles. The maximum Gasteiger partial charge on any atom is 0.266 e. The highest BCUT2D eigenvalue weighted by molar-refractivity contribution is 7.71. The van der Waals surface area contributed by atoms with Crippen LogP contribution in [0.5, 0.6) is 0 Å². The Morgan fingerprint density at radius 3 is 2.66 bits per heavy atom. The Bertz CT molecular complexity index is 1170. The maximum absolute atomic E-state index is 13.0. The van der Waals surface area contributed by atoms with Crippen molar-refractivity contribution in [3.8, 4) is 5.69 Å². The summed E-state index contributed by atoms with van der Waals surface area (Å²) in [6.07, 6.45) is 3.36. The Labute approximate surface area is 174 Å². The molecule has 1 aromatic heterocycles. The van der Waals surface area contributed by atoms with Gasteiger partial charge in [0.05, 0.1) is 16.6 Å². The molecule has 3 unspecified atom stereocenters. The molecule has 6 heteroatoms. The molecule has 0 bridgehead atoms. The Kier molecular flexibility index (Phi) is 5.37. The number of para-hydroxylation sites is 1. The van der Waals surface area contributed by atoms with Crippen molar-refractivity contribution < 1.29 is 4.79 Å². The van der Waals surface area contributed by atoms with Gasteiger partial charge in [-0.15, -0.1) is 0 Å². The van der Waals surface area contributed by atoms with Crippen LogP contribution in [0.4, 0.5) is 0 Å². The van der Waals surface area contributed by atoms with Crippen molar-refractivity contribution in [2.45, 2.75) is 39.2 Å². The summed E-state index contributed by atoms with van der Waals surface area (Å²) in [4.78, 5) is 28.9. The second-order valence-electron chi connectivity index (χ2n) is 8.01. The number of nitrogens with one attached hydrogen (secondary N) is 2. The van der Waals surface area contributed by atoms with E-state index in [2.05, 4.69) is 24.1 Å². The highest BCUT2D eigenvalue weighted by Gasteiger charge is 2.28. The van der Waals surface area contributed by atoms with E-state index in [1.807, 2.05) is 30.3 Å². The molecule has 29 heavy (non-hydrogen) atoms. The first-order valence-electron chi connectivity index (χ1n) is 10.1. The number of carbonyl (C=O) groups excluding carboxylic acids is 1. The smallest absolute Gasteiger partial charge is 0.266 e. The Hall–Kier alpha value is -2.73. The molecular formula is C23H25N3O2S. The van der Waals surface area contributed by atoms with Crippen molar-refractivity contribution >= 4 is 29.0 Å². The van der Waals surface area contributed by atoms with E-state index in [1.54, 1.807) is 18.2 Å². The highest BCUT2D eigenvalue weighted by Crippen LogP contribution is 2.29. The first-order valence-corrected chi connectivity index (χ1v) is 10.5. The summed E-state index contributed by atoms with van der Waals surface area (Å²) in [5.41, 5.74) is 1.62. The fraction of sp³-hybridized carbons (Fsp3) is 0.348. The third-order valence-corrected chi connectivity index (χ3v) is 6.48. The van der Waals surface area contributed by atoms with Gasteiger partial charge in [-0.2, -0.15) is 0 Å². The normalized spacial score (nSPS) is 21.8. The fourth-order valence-corrected chi connectivity index (χ4v) is 4.51. The van der Waals surface area contributed by atoms with Gasteiger partial charge in [0.25, 0.3) is 11.5 Å². The Balaban J connectivity index is 1.67. The van der Waals surface area contributed by atoms with E-state index in [0.717, 1.165) is 12.8 Å². The lowest BCUT2D eigenvalue weighted by molar-refractivity contribution is 0.0891. The first kappa shape index (κ1) is 19.6. The lowest BCUT2D eigenvalue weighted by Gasteiger charge is -2.34. The molecular weight excluding hydrogens is 382 g/mol. The molecule has 2 aromatic carbocycles. The Morgan fingerprint density at radius 2 is 1.90 bits per heavy atom. The van der Waals surface area contributed by atoms with Gasteiger partial charge in [-0.3, -0.25) is 14.2 Å². The monoisotopic (exact) mass is 407 g/mol. The molecule has 3 aromatic rings. The first-order chi connectivity index (χ1) is 14.0. The molecule has 1 aliphatic carbocycles. The molecule has 1 amide bonds. The van der Waals surface area contributed by atoms with E-state index in [9.17, 15) is 9.59 Å². The van der Waals surface area contributed by atoms with Crippen LogP contribution < -0.4 is 10.9 Å². The molecule has 1 aliphatic rings. The standard InChI is InChI=1S/C23H25N3O2S/c1-14-7-6-10-19(15(14)2)24-21(27)16-11-12-18-20(13-16)25-23(29)26(22(18)28)17-8-4-3-5-9-17/h3-5,8-9,11-15,19H,6-7,10H2,1-2H3,(H,24,27)(H,25,29). The largest absolute Gasteiger partial charge is 0.349 e. The highest BCUT2D eigenvalue weighted by atomic mass is 32.1. The van der Waals surface area contributed by atoms with Gasteiger partial charge in [0.1, 0.15) is 0 Å². The average Bonchev–Trinajstić information content (AvgIpc) is 2.72. The summed E-state index contributed by atoms with van der Waals surface area (Å²) in [6.45, 7) is 4.45. The minimum absolute atomic E-state index is 0.107. The molecule has 1 heterocycles. The van der Waals surface area contributed by atoms with Crippen LogP contribution in [0.15, 0.2) is 53.3 Å². The lowest BCUT2D eigenvalue weighted by atomic mass is 9.78. The van der Waals surface area contributed by atoms with Crippen LogP contribution in [0.3, 0.4) is 0 Å². The van der Waals surface area contributed by atoms with Crippen LogP contribution >= 0.6 is 12.2 Å². The summed E-state index contributed by atoms with van der Waals surface area (Å²) in [7, 11) is 0. The molecule has 1 fully saturated rings. The third kappa shape index (κ3) is 3.77. The van der Waals surface area contributed by atoms with Gasteiger partial charge in [-0.25, -0.2) is 0 Å². The third-order valence-electron chi connectivity index (χ3n) is 6.20. The molecule has 2 N–H and O–H groups in total. The van der Waals surface area contributed by atoms with Gasteiger partial charge in [0.2, 0.25) is 0 Å². The van der Waals surface area contributed by atoms with Gasteiger partial charge in [-0.05, 0) is 60.8 Å². The maximum atomic E-state index is 13.0. The van der Waals surface area contributed by atoms with E-state index in [4.69, 9.17) is 12.2 Å². The van der Waals surface area contributed by atoms with Crippen LogP contribution in [-0.2, 0) is 0 Å². The summed E-state index contributed by atoms with van der Waals surface area (Å²) >= 11 is 5.42. The van der Waals surface area contributed by atoms with Crippen LogP contribution in [0, 0.1) is 16.6 Å². The number of nitrogens with zero attached hydrogens (tertiary/aromatic N) is 1. The van der Waals surface area contributed by atoms with Crippen LogP contribution in [0.25, 0.3) is 16.6 Å². The molecule has 5 nitrogen and oxygen atoms in total. The number of aromatic nitrogens is 2. The summed E-state index contributed by atoms with van der Waals surface area (Å²) < 4.78 is 1.78. The van der Waals surface area contributed by atoms with E-state index < -0.39 is 0 Å². The Morgan fingerprint density at radius 1 is 1.14 bits per heavy atom. The number of carbonyl (C=O) groups is 1. The number of benzene rings is 2. The van der Waals surface area contributed by atoms with Crippen molar-refractivity contribution in [3.05, 3.63) is 69.2 Å². The number of aromatic amines is 1. The van der Waals surface area contributed by atoms with Gasteiger partial charge < -0.3 is 10.3 Å². The SMILES string of the molecule is CC1CCCC(NC(=O)c2ccc3c(=O)n(-c4ccccc4)c(=S)[nH]c3c2)C1C. The number of H-pyrrole nitrogens is 1. The van der Waals surface area contributed by atoms with Gasteiger partial charge in [-0.1, -0.05) is 44.9 Å². The summed E-state index contributed by atoms with van der Waals surface area (Å²) in [5, 5.41) is 3.68. The number of hydrogen-bond donors (Lipinski definition) is 2. The fourth-order valence-electron chi connectivity index (χ4n) is 4.21. The molecule has 0 spiro atoms. The van der Waals surface area contributed by atoms with Crippen LogP contribution in [0.2, 0.25) is 0 Å². The predicted octanol–water partition coefficient (Wildman–Crippen LogP) is 4.60. The predicted molar refractivity (Wildman–Crippen MR) is 118 cm³/mol. The minimum Gasteiger partial charge on any atom is -0.349 e. The number of rotatable bonds is 3. The second kappa shape index (κ2) is 7.95. The summed E-state index contributed by atoms with van der Waals surface area (Å²) in [6, 6.07) is 14.6. The molecule has 150 valence electrons.